The molecule has 0 saturated carbocycles. The Labute approximate surface area is 121 Å². The molecule has 1 N–H and O–H groups in total. The second-order valence-electron chi connectivity index (χ2n) is 4.57. The first kappa shape index (κ1) is 15.9. The van der Waals surface area contributed by atoms with Crippen molar-refractivity contribution in [2.45, 2.75) is 12.6 Å². The number of carboxylic acids is 1. The van der Waals surface area contributed by atoms with Gasteiger partial charge in [0.2, 0.25) is 0 Å². The highest BCUT2D eigenvalue weighted by Crippen LogP contribution is 2.32. The fourth-order valence-corrected chi connectivity index (χ4v) is 1.95. The van der Waals surface area contributed by atoms with Crippen LogP contribution in [0.4, 0.5) is 22.0 Å². The van der Waals surface area contributed by atoms with Gasteiger partial charge in [-0.1, -0.05) is 12.1 Å². The molecule has 0 bridgehead atoms. The molecule has 0 amide bonds. The molecule has 2 aromatic carbocycles. The number of benzene rings is 2. The van der Waals surface area contributed by atoms with E-state index in [4.69, 9.17) is 5.11 Å². The molecule has 0 aliphatic heterocycles. The van der Waals surface area contributed by atoms with Crippen molar-refractivity contribution in [1.29, 1.82) is 0 Å². The highest BCUT2D eigenvalue weighted by molar-refractivity contribution is 5.71. The Hall–Kier alpha value is -2.44. The van der Waals surface area contributed by atoms with Crippen LogP contribution in [0.15, 0.2) is 36.4 Å². The Kier molecular flexibility index (Phi) is 4.16. The summed E-state index contributed by atoms with van der Waals surface area (Å²) in [5.74, 6) is -3.16. The average molecular weight is 316 g/mol. The predicted octanol–water partition coefficient (Wildman–Crippen LogP) is 4.28. The average Bonchev–Trinajstić information content (AvgIpc) is 2.41. The summed E-state index contributed by atoms with van der Waals surface area (Å²) in [6.07, 6.45) is -5.20. The largest absolute Gasteiger partial charge is 0.481 e. The fraction of sp³-hybridized carbons (Fsp3) is 0.133. The predicted molar refractivity (Wildman–Crippen MR) is 68.1 cm³/mol. The SMILES string of the molecule is O=C(O)Cc1cc(F)c(-c2ccc(C(F)(F)F)cc2)cc1F. The third kappa shape index (κ3) is 3.41. The highest BCUT2D eigenvalue weighted by atomic mass is 19.4. The van der Waals surface area contributed by atoms with Gasteiger partial charge >= 0.3 is 12.1 Å². The lowest BCUT2D eigenvalue weighted by Crippen LogP contribution is -2.05. The maximum Gasteiger partial charge on any atom is 0.416 e. The lowest BCUT2D eigenvalue weighted by molar-refractivity contribution is -0.138. The molecule has 0 aromatic heterocycles. The van der Waals surface area contributed by atoms with Crippen LogP contribution >= 0.6 is 0 Å². The summed E-state index contributed by atoms with van der Waals surface area (Å²) in [4.78, 5) is 10.5. The normalized spacial score (nSPS) is 11.5. The summed E-state index contributed by atoms with van der Waals surface area (Å²) in [5.41, 5.74) is -1.41. The second-order valence-corrected chi connectivity index (χ2v) is 4.57. The molecule has 2 rings (SSSR count). The van der Waals surface area contributed by atoms with E-state index in [0.29, 0.717) is 0 Å². The molecule has 0 atom stereocenters. The van der Waals surface area contributed by atoms with E-state index >= 15 is 0 Å². The number of rotatable bonds is 3. The quantitative estimate of drug-likeness (QED) is 0.858. The molecular formula is C15H9F5O2. The van der Waals surface area contributed by atoms with Crippen LogP contribution in [-0.4, -0.2) is 11.1 Å². The van der Waals surface area contributed by atoms with Gasteiger partial charge in [-0.25, -0.2) is 8.78 Å². The Bertz CT molecular complexity index is 705. The Balaban J connectivity index is 2.41. The van der Waals surface area contributed by atoms with Crippen molar-refractivity contribution in [1.82, 2.24) is 0 Å². The zero-order valence-electron chi connectivity index (χ0n) is 10.9. The molecule has 2 aromatic rings. The molecular weight excluding hydrogens is 307 g/mol. The van der Waals surface area contributed by atoms with Crippen molar-refractivity contribution in [2.24, 2.45) is 0 Å². The molecule has 0 spiro atoms. The summed E-state index contributed by atoms with van der Waals surface area (Å²) >= 11 is 0. The minimum Gasteiger partial charge on any atom is -0.481 e. The van der Waals surface area contributed by atoms with Gasteiger partial charge in [-0.15, -0.1) is 0 Å². The van der Waals surface area contributed by atoms with E-state index in [1.165, 1.54) is 0 Å². The number of hydrogen-bond donors (Lipinski definition) is 1. The van der Waals surface area contributed by atoms with Crippen molar-refractivity contribution in [2.75, 3.05) is 0 Å². The van der Waals surface area contributed by atoms with Gasteiger partial charge in [-0.05, 0) is 29.8 Å². The van der Waals surface area contributed by atoms with E-state index in [-0.39, 0.29) is 16.7 Å². The van der Waals surface area contributed by atoms with E-state index in [2.05, 4.69) is 0 Å². The van der Waals surface area contributed by atoms with Crippen LogP contribution in [0.2, 0.25) is 0 Å². The molecule has 2 nitrogen and oxygen atoms in total. The Morgan fingerprint density at radius 2 is 1.59 bits per heavy atom. The van der Waals surface area contributed by atoms with Crippen LogP contribution < -0.4 is 0 Å². The highest BCUT2D eigenvalue weighted by Gasteiger charge is 2.30. The number of halogens is 5. The number of aliphatic carboxylic acids is 1. The van der Waals surface area contributed by atoms with Crippen LogP contribution in [0.1, 0.15) is 11.1 Å². The molecule has 0 saturated heterocycles. The monoisotopic (exact) mass is 316 g/mol. The first-order chi connectivity index (χ1) is 10.2. The van der Waals surface area contributed by atoms with Crippen LogP contribution in [0.5, 0.6) is 0 Å². The zero-order valence-corrected chi connectivity index (χ0v) is 10.9. The molecule has 0 unspecified atom stereocenters. The lowest BCUT2D eigenvalue weighted by Gasteiger charge is -2.10. The van der Waals surface area contributed by atoms with Crippen LogP contribution in [0.3, 0.4) is 0 Å². The lowest BCUT2D eigenvalue weighted by atomic mass is 10.00. The molecule has 0 aliphatic rings. The van der Waals surface area contributed by atoms with Gasteiger partial charge in [-0.3, -0.25) is 4.79 Å². The summed E-state index contributed by atoms with van der Waals surface area (Å²) in [7, 11) is 0. The van der Waals surface area contributed by atoms with Crippen LogP contribution in [-0.2, 0) is 17.4 Å². The van der Waals surface area contributed by atoms with E-state index in [1.54, 1.807) is 0 Å². The van der Waals surface area contributed by atoms with Crippen LogP contribution in [0.25, 0.3) is 11.1 Å². The third-order valence-electron chi connectivity index (χ3n) is 3.00. The van der Waals surface area contributed by atoms with Gasteiger partial charge in [0.05, 0.1) is 12.0 Å². The number of alkyl halides is 3. The van der Waals surface area contributed by atoms with E-state index in [1.807, 2.05) is 0 Å². The Morgan fingerprint density at radius 3 is 2.09 bits per heavy atom. The van der Waals surface area contributed by atoms with E-state index in [9.17, 15) is 26.7 Å². The molecule has 0 radical (unpaired) electrons. The minimum atomic E-state index is -4.52. The Morgan fingerprint density at radius 1 is 1.00 bits per heavy atom. The van der Waals surface area contributed by atoms with Crippen molar-refractivity contribution in [3.05, 3.63) is 59.2 Å². The van der Waals surface area contributed by atoms with E-state index in [0.717, 1.165) is 36.4 Å². The van der Waals surface area contributed by atoms with Crippen molar-refractivity contribution < 1.29 is 31.9 Å². The topological polar surface area (TPSA) is 37.3 Å². The molecule has 116 valence electrons. The summed E-state index contributed by atoms with van der Waals surface area (Å²) < 4.78 is 65.0. The fourth-order valence-electron chi connectivity index (χ4n) is 1.95. The van der Waals surface area contributed by atoms with Crippen molar-refractivity contribution in [3.8, 4) is 11.1 Å². The van der Waals surface area contributed by atoms with Gasteiger partial charge in [0.25, 0.3) is 0 Å². The van der Waals surface area contributed by atoms with Crippen molar-refractivity contribution in [3.63, 3.8) is 0 Å². The minimum absolute atomic E-state index is 0.0614. The number of carbonyl (C=O) groups is 1. The molecule has 0 fully saturated rings. The third-order valence-corrected chi connectivity index (χ3v) is 3.00. The molecule has 7 heteroatoms. The molecule has 22 heavy (non-hydrogen) atoms. The smallest absolute Gasteiger partial charge is 0.416 e. The number of hydrogen-bond acceptors (Lipinski definition) is 1. The van der Waals surface area contributed by atoms with Gasteiger partial charge in [0.1, 0.15) is 11.6 Å². The first-order valence-electron chi connectivity index (χ1n) is 6.06. The van der Waals surface area contributed by atoms with E-state index < -0.39 is 35.8 Å². The second kappa shape index (κ2) is 5.75. The first-order valence-corrected chi connectivity index (χ1v) is 6.06. The van der Waals surface area contributed by atoms with Crippen molar-refractivity contribution >= 4 is 5.97 Å². The molecule has 0 heterocycles. The summed E-state index contributed by atoms with van der Waals surface area (Å²) in [6, 6.07) is 5.08. The zero-order chi connectivity index (χ0) is 16.5. The summed E-state index contributed by atoms with van der Waals surface area (Å²) in [6.45, 7) is 0. The standard InChI is InChI=1S/C15H9F5O2/c16-12-7-11(13(17)5-9(12)6-14(21)22)8-1-3-10(4-2-8)15(18,19)20/h1-5,7H,6H2,(H,21,22). The van der Waals surface area contributed by atoms with Gasteiger partial charge < -0.3 is 5.11 Å². The maximum atomic E-state index is 13.9. The van der Waals surface area contributed by atoms with Gasteiger partial charge in [0.15, 0.2) is 0 Å². The van der Waals surface area contributed by atoms with Crippen LogP contribution in [0, 0.1) is 11.6 Å². The molecule has 0 aliphatic carbocycles. The van der Waals surface area contributed by atoms with Gasteiger partial charge in [-0.2, -0.15) is 13.2 Å². The summed E-state index contributed by atoms with van der Waals surface area (Å²) in [5, 5.41) is 8.58. The number of carboxylic acid groups (broad SMARTS) is 1. The van der Waals surface area contributed by atoms with Gasteiger partial charge in [0, 0.05) is 11.1 Å². The maximum absolute atomic E-state index is 13.9.